The normalized spacial score (nSPS) is 20.0. The highest BCUT2D eigenvalue weighted by atomic mass is 32.2. The predicted molar refractivity (Wildman–Crippen MR) is 106 cm³/mol. The molecular weight excluding hydrogens is 346 g/mol. The highest BCUT2D eigenvalue weighted by Gasteiger charge is 2.26. The van der Waals surface area contributed by atoms with Crippen LogP contribution in [0.3, 0.4) is 0 Å². The van der Waals surface area contributed by atoms with Crippen LogP contribution in [0.25, 0.3) is 0 Å². The van der Waals surface area contributed by atoms with E-state index in [0.29, 0.717) is 4.90 Å². The van der Waals surface area contributed by atoms with Gasteiger partial charge in [0.1, 0.15) is 11.4 Å². The van der Waals surface area contributed by atoms with Crippen LogP contribution < -0.4 is 4.74 Å². The lowest BCUT2D eigenvalue weighted by atomic mass is 9.99. The van der Waals surface area contributed by atoms with Crippen molar-refractivity contribution in [1.82, 2.24) is 0 Å². The van der Waals surface area contributed by atoms with Gasteiger partial charge in [-0.15, -0.1) is 0 Å². The van der Waals surface area contributed by atoms with E-state index in [9.17, 15) is 9.32 Å². The highest BCUT2D eigenvalue weighted by Crippen LogP contribution is 2.22. The quantitative estimate of drug-likeness (QED) is 0.876. The second kappa shape index (κ2) is 7.81. The van der Waals surface area contributed by atoms with Crippen LogP contribution in [-0.4, -0.2) is 33.5 Å². The molecule has 134 valence electrons. The van der Waals surface area contributed by atoms with Gasteiger partial charge in [-0.25, -0.2) is 4.99 Å². The standard InChI is InChI=1S/C21H21NO3S/c1-16-3-9-20(10-4-16)26(24)15-21(23)13-11-18(12-14-21)22-17-5-7-19(25-2)8-6-17/h3-14,23H,15H2,1-2H3. The molecule has 0 aliphatic heterocycles. The summed E-state index contributed by atoms with van der Waals surface area (Å²) in [7, 11) is 0.332. The van der Waals surface area contributed by atoms with Gasteiger partial charge >= 0.3 is 0 Å². The van der Waals surface area contributed by atoms with Crippen molar-refractivity contribution in [1.29, 1.82) is 0 Å². The van der Waals surface area contributed by atoms with Crippen LogP contribution >= 0.6 is 0 Å². The Balaban J connectivity index is 1.69. The third kappa shape index (κ3) is 4.56. The number of aliphatic imine (C=N–C) groups is 1. The van der Waals surface area contributed by atoms with Gasteiger partial charge in [-0.3, -0.25) is 4.21 Å². The molecule has 0 bridgehead atoms. The third-order valence-electron chi connectivity index (χ3n) is 4.06. The van der Waals surface area contributed by atoms with Crippen LogP contribution in [-0.2, 0) is 10.8 Å². The minimum absolute atomic E-state index is 0.110. The van der Waals surface area contributed by atoms with Crippen molar-refractivity contribution >= 4 is 22.2 Å². The van der Waals surface area contributed by atoms with E-state index in [2.05, 4.69) is 4.99 Å². The number of allylic oxidation sites excluding steroid dienone is 2. The Labute approximate surface area is 156 Å². The van der Waals surface area contributed by atoms with Crippen LogP contribution in [0.4, 0.5) is 5.69 Å². The number of aliphatic hydroxyl groups is 1. The molecule has 0 saturated carbocycles. The summed E-state index contributed by atoms with van der Waals surface area (Å²) in [5, 5.41) is 10.7. The van der Waals surface area contributed by atoms with Gasteiger partial charge in [-0.05, 0) is 67.6 Å². The van der Waals surface area contributed by atoms with Crippen molar-refractivity contribution in [2.75, 3.05) is 12.9 Å². The molecule has 0 heterocycles. The first-order valence-electron chi connectivity index (χ1n) is 8.26. The second-order valence-corrected chi connectivity index (χ2v) is 7.65. The minimum atomic E-state index is -1.29. The van der Waals surface area contributed by atoms with Crippen LogP contribution in [0, 0.1) is 6.92 Å². The number of nitrogens with zero attached hydrogens (tertiary/aromatic N) is 1. The Morgan fingerprint density at radius 3 is 2.23 bits per heavy atom. The summed E-state index contributed by atoms with van der Waals surface area (Å²) in [6, 6.07) is 14.9. The van der Waals surface area contributed by atoms with Crippen molar-refractivity contribution in [2.45, 2.75) is 17.4 Å². The lowest BCUT2D eigenvalue weighted by molar-refractivity contribution is 0.167. The van der Waals surface area contributed by atoms with Crippen LogP contribution in [0.5, 0.6) is 5.75 Å². The van der Waals surface area contributed by atoms with Gasteiger partial charge < -0.3 is 9.84 Å². The summed E-state index contributed by atoms with van der Waals surface area (Å²) in [6.07, 6.45) is 6.77. The maximum atomic E-state index is 12.5. The van der Waals surface area contributed by atoms with E-state index < -0.39 is 16.4 Å². The Morgan fingerprint density at radius 2 is 1.65 bits per heavy atom. The fourth-order valence-electron chi connectivity index (χ4n) is 2.53. The SMILES string of the molecule is COc1ccc(N=C2C=CC(O)(CS(=O)c3ccc(C)cc3)C=C2)cc1. The molecule has 1 aliphatic rings. The molecule has 1 atom stereocenters. The third-order valence-corrected chi connectivity index (χ3v) is 5.58. The summed E-state index contributed by atoms with van der Waals surface area (Å²) >= 11 is 0. The van der Waals surface area contributed by atoms with Crippen molar-refractivity contribution in [3.05, 3.63) is 78.4 Å². The Bertz CT molecular complexity index is 864. The van der Waals surface area contributed by atoms with E-state index in [1.54, 1.807) is 31.4 Å². The zero-order valence-electron chi connectivity index (χ0n) is 14.8. The molecule has 0 radical (unpaired) electrons. The molecule has 3 rings (SSSR count). The van der Waals surface area contributed by atoms with Gasteiger partial charge in [0.25, 0.3) is 0 Å². The second-order valence-electron chi connectivity index (χ2n) is 6.20. The van der Waals surface area contributed by atoms with E-state index in [-0.39, 0.29) is 5.75 Å². The molecule has 4 nitrogen and oxygen atoms in total. The monoisotopic (exact) mass is 367 g/mol. The first-order valence-corrected chi connectivity index (χ1v) is 9.58. The van der Waals surface area contributed by atoms with E-state index in [1.165, 1.54) is 0 Å². The molecule has 26 heavy (non-hydrogen) atoms. The number of benzene rings is 2. The molecule has 0 amide bonds. The van der Waals surface area contributed by atoms with Gasteiger partial charge in [-0.2, -0.15) is 0 Å². The summed E-state index contributed by atoms with van der Waals surface area (Å²) in [5.74, 6) is 0.885. The average Bonchev–Trinajstić information content (AvgIpc) is 2.65. The van der Waals surface area contributed by atoms with Crippen molar-refractivity contribution in [3.8, 4) is 5.75 Å². The number of hydrogen-bond acceptors (Lipinski definition) is 4. The molecule has 0 saturated heterocycles. The van der Waals surface area contributed by atoms with Gasteiger partial charge in [0.05, 0.1) is 35.1 Å². The lowest BCUT2D eigenvalue weighted by Gasteiger charge is -2.22. The maximum absolute atomic E-state index is 12.5. The van der Waals surface area contributed by atoms with Crippen molar-refractivity contribution in [3.63, 3.8) is 0 Å². The average molecular weight is 367 g/mol. The van der Waals surface area contributed by atoms with Crippen LogP contribution in [0.15, 0.2) is 82.7 Å². The number of rotatable bonds is 5. The summed E-state index contributed by atoms with van der Waals surface area (Å²) in [5.41, 5.74) is 1.39. The molecule has 0 fully saturated rings. The van der Waals surface area contributed by atoms with E-state index in [0.717, 1.165) is 22.7 Å². The van der Waals surface area contributed by atoms with Crippen molar-refractivity contribution < 1.29 is 14.1 Å². The van der Waals surface area contributed by atoms with E-state index in [1.807, 2.05) is 55.5 Å². The van der Waals surface area contributed by atoms with Crippen LogP contribution in [0.2, 0.25) is 0 Å². The fraction of sp³-hybridized carbons (Fsp3) is 0.190. The number of ether oxygens (including phenoxy) is 1. The van der Waals surface area contributed by atoms with Gasteiger partial charge in [0.15, 0.2) is 0 Å². The summed E-state index contributed by atoms with van der Waals surface area (Å²) in [4.78, 5) is 5.22. The molecule has 1 N–H and O–H groups in total. The number of methoxy groups -OCH3 is 1. The molecule has 1 aliphatic carbocycles. The molecule has 0 aromatic heterocycles. The first-order chi connectivity index (χ1) is 12.5. The Hall–Kier alpha value is -2.50. The Morgan fingerprint density at radius 1 is 1.04 bits per heavy atom. The smallest absolute Gasteiger partial charge is 0.119 e. The largest absolute Gasteiger partial charge is 0.497 e. The van der Waals surface area contributed by atoms with E-state index in [4.69, 9.17) is 4.74 Å². The van der Waals surface area contributed by atoms with Gasteiger partial charge in [-0.1, -0.05) is 17.7 Å². The molecule has 2 aromatic rings. The first kappa shape index (κ1) is 18.3. The molecule has 2 aromatic carbocycles. The molecular formula is C21H21NO3S. The van der Waals surface area contributed by atoms with Crippen LogP contribution in [0.1, 0.15) is 5.56 Å². The lowest BCUT2D eigenvalue weighted by Crippen LogP contribution is -2.32. The Kier molecular flexibility index (Phi) is 5.49. The molecule has 5 heteroatoms. The van der Waals surface area contributed by atoms with Gasteiger partial charge in [0.2, 0.25) is 0 Å². The maximum Gasteiger partial charge on any atom is 0.119 e. The molecule has 1 unspecified atom stereocenters. The fourth-order valence-corrected chi connectivity index (χ4v) is 3.75. The number of aryl methyl sites for hydroxylation is 1. The zero-order chi connectivity index (χ0) is 18.6. The summed E-state index contributed by atoms with van der Waals surface area (Å²) < 4.78 is 17.6. The minimum Gasteiger partial charge on any atom is -0.497 e. The summed E-state index contributed by atoms with van der Waals surface area (Å²) in [6.45, 7) is 1.98. The highest BCUT2D eigenvalue weighted by molar-refractivity contribution is 7.85. The predicted octanol–water partition coefficient (Wildman–Crippen LogP) is 3.74. The van der Waals surface area contributed by atoms with Crippen molar-refractivity contribution in [2.24, 2.45) is 4.99 Å². The van der Waals surface area contributed by atoms with E-state index >= 15 is 0 Å². The zero-order valence-corrected chi connectivity index (χ0v) is 15.6. The molecule has 0 spiro atoms. The topological polar surface area (TPSA) is 58.9 Å². The number of hydrogen-bond donors (Lipinski definition) is 1. The van der Waals surface area contributed by atoms with Gasteiger partial charge in [0, 0.05) is 4.90 Å².